The third-order valence-corrected chi connectivity index (χ3v) is 3.56. The van der Waals surface area contributed by atoms with E-state index in [0.717, 1.165) is 6.54 Å². The SMILES string of the molecule is Cc1cnc(S[C@@H]2CNC[C@H]2O)[nH]c1=O. The molecule has 1 aliphatic rings. The van der Waals surface area contributed by atoms with E-state index in [1.54, 1.807) is 13.1 Å². The number of aromatic nitrogens is 2. The van der Waals surface area contributed by atoms with E-state index in [4.69, 9.17) is 0 Å². The quantitative estimate of drug-likeness (QED) is 0.594. The van der Waals surface area contributed by atoms with E-state index >= 15 is 0 Å². The molecule has 6 heteroatoms. The first-order chi connectivity index (χ1) is 7.16. The summed E-state index contributed by atoms with van der Waals surface area (Å²) in [4.78, 5) is 18.1. The first kappa shape index (κ1) is 10.7. The molecule has 1 aromatic rings. The maximum Gasteiger partial charge on any atom is 0.254 e. The predicted octanol–water partition coefficient (Wildman–Crippen LogP) is -0.497. The smallest absolute Gasteiger partial charge is 0.254 e. The Labute approximate surface area is 91.3 Å². The van der Waals surface area contributed by atoms with E-state index in [9.17, 15) is 9.90 Å². The van der Waals surface area contributed by atoms with Gasteiger partial charge in [-0.15, -0.1) is 0 Å². The van der Waals surface area contributed by atoms with Crippen LogP contribution in [0.15, 0.2) is 16.1 Å². The van der Waals surface area contributed by atoms with E-state index in [1.807, 2.05) is 0 Å². The number of rotatable bonds is 2. The van der Waals surface area contributed by atoms with Crippen molar-refractivity contribution in [1.82, 2.24) is 15.3 Å². The fraction of sp³-hybridized carbons (Fsp3) is 0.556. The van der Waals surface area contributed by atoms with Crippen LogP contribution in [-0.2, 0) is 0 Å². The zero-order valence-electron chi connectivity index (χ0n) is 8.36. The number of aliphatic hydroxyl groups is 1. The van der Waals surface area contributed by atoms with Crippen LogP contribution in [0.4, 0.5) is 0 Å². The summed E-state index contributed by atoms with van der Waals surface area (Å²) in [5, 5.41) is 13.3. The van der Waals surface area contributed by atoms with Crippen LogP contribution in [0.25, 0.3) is 0 Å². The number of thioether (sulfide) groups is 1. The molecule has 0 aromatic carbocycles. The second-order valence-corrected chi connectivity index (χ2v) is 4.81. The minimum Gasteiger partial charge on any atom is -0.391 e. The molecule has 5 nitrogen and oxygen atoms in total. The fourth-order valence-corrected chi connectivity index (χ4v) is 2.41. The third kappa shape index (κ3) is 2.39. The number of aliphatic hydroxyl groups excluding tert-OH is 1. The van der Waals surface area contributed by atoms with Gasteiger partial charge >= 0.3 is 0 Å². The second kappa shape index (κ2) is 4.34. The summed E-state index contributed by atoms with van der Waals surface area (Å²) in [6, 6.07) is 0. The lowest BCUT2D eigenvalue weighted by Gasteiger charge is -2.11. The van der Waals surface area contributed by atoms with Gasteiger partial charge < -0.3 is 15.4 Å². The van der Waals surface area contributed by atoms with Gasteiger partial charge in [0.1, 0.15) is 0 Å². The summed E-state index contributed by atoms with van der Waals surface area (Å²) in [5.41, 5.74) is 0.484. The molecule has 3 N–H and O–H groups in total. The zero-order valence-corrected chi connectivity index (χ0v) is 9.17. The largest absolute Gasteiger partial charge is 0.391 e. The average Bonchev–Trinajstić information content (AvgIpc) is 2.59. The highest BCUT2D eigenvalue weighted by Gasteiger charge is 2.26. The molecule has 0 saturated carbocycles. The van der Waals surface area contributed by atoms with Crippen molar-refractivity contribution in [2.24, 2.45) is 0 Å². The third-order valence-electron chi connectivity index (χ3n) is 2.35. The molecule has 1 aromatic heterocycles. The maximum atomic E-state index is 11.3. The molecule has 2 rings (SSSR count). The highest BCUT2D eigenvalue weighted by atomic mass is 32.2. The van der Waals surface area contributed by atoms with Crippen LogP contribution in [0.5, 0.6) is 0 Å². The van der Waals surface area contributed by atoms with Crippen molar-refractivity contribution in [2.75, 3.05) is 13.1 Å². The number of hydrogen-bond donors (Lipinski definition) is 3. The molecule has 0 aliphatic carbocycles. The van der Waals surface area contributed by atoms with E-state index < -0.39 is 0 Å². The first-order valence-electron chi connectivity index (χ1n) is 4.78. The summed E-state index contributed by atoms with van der Waals surface area (Å²) in [5.74, 6) is 0. The molecule has 15 heavy (non-hydrogen) atoms. The van der Waals surface area contributed by atoms with Crippen LogP contribution in [0.2, 0.25) is 0 Å². The van der Waals surface area contributed by atoms with Crippen molar-refractivity contribution < 1.29 is 5.11 Å². The van der Waals surface area contributed by atoms with Gasteiger partial charge in [0.05, 0.1) is 11.4 Å². The normalized spacial score (nSPS) is 25.7. The van der Waals surface area contributed by atoms with E-state index in [0.29, 0.717) is 17.3 Å². The number of β-amino-alcohol motifs (C(OH)–C–C–N with tert-alkyl or cyclic N) is 1. The molecule has 2 heterocycles. The number of aryl methyl sites for hydroxylation is 1. The lowest BCUT2D eigenvalue weighted by atomic mass is 10.3. The summed E-state index contributed by atoms with van der Waals surface area (Å²) in [6.45, 7) is 3.06. The highest BCUT2D eigenvalue weighted by Crippen LogP contribution is 2.23. The summed E-state index contributed by atoms with van der Waals surface area (Å²) < 4.78 is 0. The van der Waals surface area contributed by atoms with Gasteiger partial charge in [0, 0.05) is 24.8 Å². The maximum absolute atomic E-state index is 11.3. The first-order valence-corrected chi connectivity index (χ1v) is 5.66. The molecule has 2 atom stereocenters. The molecule has 1 aliphatic heterocycles. The van der Waals surface area contributed by atoms with Crippen LogP contribution >= 0.6 is 11.8 Å². The van der Waals surface area contributed by atoms with Crippen molar-refractivity contribution in [1.29, 1.82) is 0 Å². The molecule has 1 fully saturated rings. The van der Waals surface area contributed by atoms with Gasteiger partial charge in [-0.2, -0.15) is 0 Å². The number of aromatic amines is 1. The van der Waals surface area contributed by atoms with Gasteiger partial charge in [-0.1, -0.05) is 11.8 Å². The molecule has 1 saturated heterocycles. The van der Waals surface area contributed by atoms with Crippen molar-refractivity contribution >= 4 is 11.8 Å². The molecular formula is C9H13N3O2S. The second-order valence-electron chi connectivity index (χ2n) is 3.58. The van der Waals surface area contributed by atoms with Gasteiger partial charge in [-0.05, 0) is 6.92 Å². The zero-order chi connectivity index (χ0) is 10.8. The Balaban J connectivity index is 2.10. The minimum absolute atomic E-state index is 0.0656. The minimum atomic E-state index is -0.374. The van der Waals surface area contributed by atoms with Crippen molar-refractivity contribution in [2.45, 2.75) is 23.4 Å². The molecule has 0 unspecified atom stereocenters. The van der Waals surface area contributed by atoms with E-state index in [1.165, 1.54) is 11.8 Å². The average molecular weight is 227 g/mol. The Morgan fingerprint density at radius 2 is 2.40 bits per heavy atom. The molecular weight excluding hydrogens is 214 g/mol. The van der Waals surface area contributed by atoms with Crippen LogP contribution in [0, 0.1) is 6.92 Å². The van der Waals surface area contributed by atoms with Gasteiger partial charge in [0.2, 0.25) is 0 Å². The molecule has 0 bridgehead atoms. The van der Waals surface area contributed by atoms with Crippen LogP contribution in [0.1, 0.15) is 5.56 Å². The lowest BCUT2D eigenvalue weighted by Crippen LogP contribution is -2.21. The molecule has 82 valence electrons. The predicted molar refractivity (Wildman–Crippen MR) is 58.1 cm³/mol. The fourth-order valence-electron chi connectivity index (χ4n) is 1.41. The monoisotopic (exact) mass is 227 g/mol. The van der Waals surface area contributed by atoms with Crippen molar-refractivity contribution in [3.63, 3.8) is 0 Å². The lowest BCUT2D eigenvalue weighted by molar-refractivity contribution is 0.201. The van der Waals surface area contributed by atoms with Crippen LogP contribution in [0.3, 0.4) is 0 Å². The summed E-state index contributed by atoms with van der Waals surface area (Å²) in [6.07, 6.45) is 1.18. The Bertz CT molecular complexity index is 407. The molecule has 0 spiro atoms. The van der Waals surface area contributed by atoms with Crippen molar-refractivity contribution in [3.8, 4) is 0 Å². The number of nitrogens with zero attached hydrogens (tertiary/aromatic N) is 1. The standard InChI is InChI=1S/C9H13N3O2S/c1-5-2-11-9(12-8(5)14)15-7-4-10-3-6(7)13/h2,6-7,10,13H,3-4H2,1H3,(H,11,12,14)/t6-,7-/m1/s1. The Hall–Kier alpha value is -0.850. The van der Waals surface area contributed by atoms with Gasteiger partial charge in [0.15, 0.2) is 5.16 Å². The summed E-state index contributed by atoms with van der Waals surface area (Å²) >= 11 is 1.40. The van der Waals surface area contributed by atoms with E-state index in [2.05, 4.69) is 15.3 Å². The van der Waals surface area contributed by atoms with E-state index in [-0.39, 0.29) is 16.9 Å². The molecule has 0 amide bonds. The van der Waals surface area contributed by atoms with Gasteiger partial charge in [0.25, 0.3) is 5.56 Å². The van der Waals surface area contributed by atoms with Gasteiger partial charge in [-0.3, -0.25) is 4.79 Å². The Morgan fingerprint density at radius 3 is 3.00 bits per heavy atom. The van der Waals surface area contributed by atoms with Gasteiger partial charge in [-0.25, -0.2) is 4.98 Å². The number of H-pyrrole nitrogens is 1. The topological polar surface area (TPSA) is 78.0 Å². The Morgan fingerprint density at radius 1 is 1.60 bits per heavy atom. The number of nitrogens with one attached hydrogen (secondary N) is 2. The van der Waals surface area contributed by atoms with Crippen LogP contribution < -0.4 is 10.9 Å². The van der Waals surface area contributed by atoms with Crippen LogP contribution in [-0.4, -0.2) is 39.5 Å². The summed E-state index contributed by atoms with van der Waals surface area (Å²) in [7, 11) is 0. The Kier molecular flexibility index (Phi) is 3.08. The highest BCUT2D eigenvalue weighted by molar-refractivity contribution is 7.99. The van der Waals surface area contributed by atoms with Crippen molar-refractivity contribution in [3.05, 3.63) is 22.1 Å². The molecule has 0 radical (unpaired) electrons. The number of hydrogen-bond acceptors (Lipinski definition) is 5.